The van der Waals surface area contributed by atoms with Gasteiger partial charge in [0.15, 0.2) is 0 Å². The predicted octanol–water partition coefficient (Wildman–Crippen LogP) is 7.84. The molecule has 3 aromatic heterocycles. The highest BCUT2D eigenvalue weighted by molar-refractivity contribution is 6.40. The van der Waals surface area contributed by atoms with E-state index in [0.717, 1.165) is 76.9 Å². The third-order valence-corrected chi connectivity index (χ3v) is 10.4. The Balaban J connectivity index is 1.29. The van der Waals surface area contributed by atoms with E-state index in [1.807, 2.05) is 48.8 Å². The van der Waals surface area contributed by atoms with Gasteiger partial charge in [0.05, 0.1) is 0 Å². The van der Waals surface area contributed by atoms with Gasteiger partial charge >= 0.3 is 15.1 Å². The first-order chi connectivity index (χ1) is 22.7. The standard InChI is InChI=1S/C39H33N3O3.Al/c43-34-7-2-5-31-21-28(23-40-37(31)34)12-10-25-18-26(11-13-29-22-32-6-3-8-35(44)38(32)41-24-29)20-27(19-25)14-16-33-17-15-30-4-1-9-36(45)39(30)42-33;/h1-9,15,17-24,43-45H,10-14,16H2;/q;+3/p-3. The van der Waals surface area contributed by atoms with Crippen molar-refractivity contribution in [1.82, 2.24) is 15.0 Å². The first-order valence-electron chi connectivity index (χ1n) is 16.0. The Morgan fingerprint density at radius 1 is 0.435 bits per heavy atom. The number of nitrogens with zero attached hydrogens (tertiary/aromatic N) is 3. The van der Waals surface area contributed by atoms with E-state index in [-0.39, 0.29) is 0 Å². The maximum Gasteiger partial charge on any atom is 1.20 e. The van der Waals surface area contributed by atoms with Gasteiger partial charge in [-0.3, -0.25) is 9.97 Å². The van der Waals surface area contributed by atoms with Crippen molar-refractivity contribution in [1.29, 1.82) is 0 Å². The molecule has 0 spiro atoms. The number of fused-ring (bicyclic) bond motifs is 4. The van der Waals surface area contributed by atoms with Crippen molar-refractivity contribution in [2.45, 2.75) is 38.5 Å². The van der Waals surface area contributed by atoms with Gasteiger partial charge in [-0.15, -0.1) is 0 Å². The molecule has 46 heavy (non-hydrogen) atoms. The molecule has 0 fully saturated rings. The van der Waals surface area contributed by atoms with Crippen LogP contribution in [0.5, 0.6) is 17.2 Å². The van der Waals surface area contributed by atoms with Crippen LogP contribution in [0.1, 0.15) is 33.5 Å². The molecule has 11 rings (SSSR count). The van der Waals surface area contributed by atoms with Crippen molar-refractivity contribution < 1.29 is 11.4 Å². The van der Waals surface area contributed by atoms with E-state index >= 15 is 0 Å². The topological polar surface area (TPSA) is 66.4 Å². The van der Waals surface area contributed by atoms with Crippen LogP contribution in [0.4, 0.5) is 0 Å². The molecule has 7 heteroatoms. The average molecular weight is 616 g/mol. The zero-order valence-electron chi connectivity index (χ0n) is 25.3. The van der Waals surface area contributed by atoms with Crippen LogP contribution in [-0.2, 0) is 38.5 Å². The number of pyridine rings is 3. The Kier molecular flexibility index (Phi) is 6.80. The summed E-state index contributed by atoms with van der Waals surface area (Å²) in [6.45, 7) is 0. The Morgan fingerprint density at radius 2 is 0.913 bits per heavy atom. The maximum atomic E-state index is 6.73. The number of aryl methyl sites for hydroxylation is 6. The Morgan fingerprint density at radius 3 is 1.48 bits per heavy atom. The molecule has 6 nitrogen and oxygen atoms in total. The minimum absolute atomic E-state index is 0.634. The van der Waals surface area contributed by atoms with Crippen LogP contribution in [-0.4, -0.2) is 30.1 Å². The predicted molar refractivity (Wildman–Crippen MR) is 182 cm³/mol. The van der Waals surface area contributed by atoms with Crippen LogP contribution in [0.25, 0.3) is 32.7 Å². The Bertz CT molecular complexity index is 2180. The lowest BCUT2D eigenvalue weighted by Gasteiger charge is -2.19. The van der Waals surface area contributed by atoms with Crippen molar-refractivity contribution >= 4 is 47.9 Å². The SMILES string of the molecule is c1cc2c3ncc(cc3c1)CCc1cc3cc(c1)CCc1ccc4cccc(c4n1)[O][Al]([O]2)[O]c1cccc2cc(cnc12)CC3. The van der Waals surface area contributed by atoms with Crippen molar-refractivity contribution in [3.63, 3.8) is 0 Å². The molecule has 7 aromatic rings. The van der Waals surface area contributed by atoms with E-state index in [1.165, 1.54) is 27.8 Å². The van der Waals surface area contributed by atoms with Gasteiger partial charge in [-0.25, -0.2) is 4.98 Å². The van der Waals surface area contributed by atoms with E-state index in [1.54, 1.807) is 0 Å². The van der Waals surface area contributed by atoms with Gasteiger partial charge in [-0.1, -0.05) is 60.7 Å². The lowest BCUT2D eigenvalue weighted by atomic mass is 9.95. The zero-order valence-corrected chi connectivity index (χ0v) is 26.4. The number of aromatic nitrogens is 3. The normalized spacial score (nSPS) is 14.5. The second-order valence-electron chi connectivity index (χ2n) is 12.3. The monoisotopic (exact) mass is 615 g/mol. The van der Waals surface area contributed by atoms with Crippen LogP contribution in [0, 0.1) is 0 Å². The molecule has 0 amide bonds. The second-order valence-corrected chi connectivity index (χ2v) is 13.6. The van der Waals surface area contributed by atoms with Gasteiger partial charge in [0.2, 0.25) is 0 Å². The first kappa shape index (κ1) is 27.4. The summed E-state index contributed by atoms with van der Waals surface area (Å²) in [4.78, 5) is 14.9. The van der Waals surface area contributed by atoms with E-state index in [4.69, 9.17) is 26.3 Å². The molecule has 7 heterocycles. The summed E-state index contributed by atoms with van der Waals surface area (Å²) < 4.78 is 20.1. The Labute approximate surface area is 272 Å². The molecule has 0 aliphatic carbocycles. The van der Waals surface area contributed by atoms with Gasteiger partial charge in [0.25, 0.3) is 0 Å². The van der Waals surface area contributed by atoms with E-state index < -0.39 is 15.1 Å². The largest absolute Gasteiger partial charge is 1.20 e. The van der Waals surface area contributed by atoms with E-state index in [0.29, 0.717) is 17.2 Å². The van der Waals surface area contributed by atoms with Gasteiger partial charge in [-0.05, 0) is 103 Å². The van der Waals surface area contributed by atoms with Crippen molar-refractivity contribution in [3.8, 4) is 17.2 Å². The summed E-state index contributed by atoms with van der Waals surface area (Å²) in [6, 6.07) is 33.9. The average Bonchev–Trinajstić information content (AvgIpc) is 3.08. The molecule has 0 saturated carbocycles. The molecule has 14 bridgehead atoms. The van der Waals surface area contributed by atoms with E-state index in [9.17, 15) is 0 Å². The van der Waals surface area contributed by atoms with Crippen molar-refractivity contribution in [2.75, 3.05) is 0 Å². The number of rotatable bonds is 0. The molecule has 0 radical (unpaired) electrons. The molecule has 4 aromatic carbocycles. The third-order valence-electron chi connectivity index (χ3n) is 9.06. The minimum atomic E-state index is -2.96. The molecule has 0 saturated heterocycles. The number of benzene rings is 4. The van der Waals surface area contributed by atoms with Gasteiger partial charge < -0.3 is 11.4 Å². The number of hydrogen-bond acceptors (Lipinski definition) is 6. The molecule has 0 atom stereocenters. The fourth-order valence-corrected chi connectivity index (χ4v) is 8.06. The van der Waals surface area contributed by atoms with Crippen molar-refractivity contribution in [2.24, 2.45) is 0 Å². The van der Waals surface area contributed by atoms with Crippen LogP contribution < -0.4 is 11.4 Å². The van der Waals surface area contributed by atoms with Crippen LogP contribution in [0.15, 0.2) is 109 Å². The first-order valence-corrected chi connectivity index (χ1v) is 17.4. The van der Waals surface area contributed by atoms with Crippen LogP contribution in [0.2, 0.25) is 0 Å². The van der Waals surface area contributed by atoms with Crippen LogP contribution >= 0.6 is 0 Å². The second kappa shape index (κ2) is 11.4. The summed E-state index contributed by atoms with van der Waals surface area (Å²) >= 11 is -2.96. The summed E-state index contributed by atoms with van der Waals surface area (Å²) in [6.07, 6.45) is 9.40. The highest BCUT2D eigenvalue weighted by atomic mass is 27.3. The molecule has 0 N–H and O–H groups in total. The highest BCUT2D eigenvalue weighted by Gasteiger charge is 2.46. The van der Waals surface area contributed by atoms with Gasteiger partial charge in [0.1, 0.15) is 33.8 Å². The smallest absolute Gasteiger partial charge is 0.576 e. The molecular weight excluding hydrogens is 585 g/mol. The summed E-state index contributed by atoms with van der Waals surface area (Å²) in [5.41, 5.74) is 9.85. The van der Waals surface area contributed by atoms with E-state index in [2.05, 4.69) is 60.7 Å². The Hall–Kier alpha value is -4.96. The van der Waals surface area contributed by atoms with Crippen LogP contribution in [0.3, 0.4) is 0 Å². The fourth-order valence-electron chi connectivity index (χ4n) is 6.72. The molecule has 4 aliphatic rings. The highest BCUT2D eigenvalue weighted by Crippen LogP contribution is 2.31. The quantitative estimate of drug-likeness (QED) is 0.162. The third kappa shape index (κ3) is 5.32. The molecule has 4 aliphatic heterocycles. The lowest BCUT2D eigenvalue weighted by molar-refractivity contribution is 0.311. The molecule has 0 unspecified atom stereocenters. The fraction of sp³-hybridized carbons (Fsp3) is 0.154. The number of para-hydroxylation sites is 3. The number of hydrogen-bond donors (Lipinski definition) is 0. The minimum Gasteiger partial charge on any atom is -0.576 e. The van der Waals surface area contributed by atoms with Gasteiger partial charge in [0, 0.05) is 34.2 Å². The maximum absolute atomic E-state index is 6.73. The molecular formula is C39H30AlN3O3. The summed E-state index contributed by atoms with van der Waals surface area (Å²) in [5.74, 6) is 1.91. The summed E-state index contributed by atoms with van der Waals surface area (Å²) in [5, 5.41) is 3.06. The van der Waals surface area contributed by atoms with Gasteiger partial charge in [-0.2, -0.15) is 0 Å². The molecule has 222 valence electrons. The summed E-state index contributed by atoms with van der Waals surface area (Å²) in [7, 11) is 0. The van der Waals surface area contributed by atoms with Crippen molar-refractivity contribution in [3.05, 3.63) is 143 Å². The zero-order chi connectivity index (χ0) is 30.5. The lowest BCUT2D eigenvalue weighted by Crippen LogP contribution is -2.37.